The van der Waals surface area contributed by atoms with Crippen molar-refractivity contribution in [3.8, 4) is 5.82 Å². The van der Waals surface area contributed by atoms with Crippen LogP contribution in [0.5, 0.6) is 0 Å². The smallest absolute Gasteiger partial charge is 0.138 e. The van der Waals surface area contributed by atoms with Crippen LogP contribution in [-0.2, 0) is 6.54 Å². The van der Waals surface area contributed by atoms with Crippen molar-refractivity contribution in [3.05, 3.63) is 78.0 Å². The molecule has 1 aliphatic heterocycles. The van der Waals surface area contributed by atoms with Crippen LogP contribution in [0.25, 0.3) is 5.82 Å². The van der Waals surface area contributed by atoms with Crippen LogP contribution >= 0.6 is 0 Å². The summed E-state index contributed by atoms with van der Waals surface area (Å²) in [5, 5.41) is 0. The topological polar surface area (TPSA) is 34.0 Å². The van der Waals surface area contributed by atoms with Gasteiger partial charge in [0.05, 0.1) is 0 Å². The lowest BCUT2D eigenvalue weighted by atomic mass is 9.94. The van der Waals surface area contributed by atoms with E-state index in [4.69, 9.17) is 4.98 Å². The molecule has 1 saturated heterocycles. The van der Waals surface area contributed by atoms with Gasteiger partial charge in [0.15, 0.2) is 0 Å². The molecule has 4 rings (SSSR count). The molecule has 0 saturated carbocycles. The number of likely N-dealkylation sites (tertiary alicyclic amines) is 1. The van der Waals surface area contributed by atoms with E-state index in [9.17, 15) is 0 Å². The van der Waals surface area contributed by atoms with E-state index in [1.807, 2.05) is 12.4 Å². The molecule has 3 aromatic rings. The van der Waals surface area contributed by atoms with E-state index in [2.05, 4.69) is 76.8 Å². The first kappa shape index (κ1) is 17.9. The van der Waals surface area contributed by atoms with Gasteiger partial charge in [0.1, 0.15) is 11.6 Å². The van der Waals surface area contributed by atoms with Crippen LogP contribution < -0.4 is 0 Å². The van der Waals surface area contributed by atoms with Gasteiger partial charge in [-0.3, -0.25) is 9.47 Å². The zero-order chi connectivity index (χ0) is 18.6. The Hall–Kier alpha value is -2.46. The van der Waals surface area contributed by atoms with Crippen LogP contribution in [0, 0.1) is 0 Å². The Kier molecular flexibility index (Phi) is 5.35. The van der Waals surface area contributed by atoms with E-state index in [0.29, 0.717) is 11.8 Å². The van der Waals surface area contributed by atoms with Crippen LogP contribution in [0.1, 0.15) is 55.6 Å². The van der Waals surface area contributed by atoms with Crippen molar-refractivity contribution >= 4 is 0 Å². The predicted octanol–water partition coefficient (Wildman–Crippen LogP) is 4.77. The van der Waals surface area contributed by atoms with E-state index in [0.717, 1.165) is 24.7 Å². The summed E-state index contributed by atoms with van der Waals surface area (Å²) in [6.45, 7) is 7.61. The Morgan fingerprint density at radius 1 is 1.07 bits per heavy atom. The minimum absolute atomic E-state index is 0.376. The van der Waals surface area contributed by atoms with Gasteiger partial charge in [-0.15, -0.1) is 0 Å². The van der Waals surface area contributed by atoms with Gasteiger partial charge in [0.2, 0.25) is 0 Å². The molecule has 1 aromatic carbocycles. The number of aromatic nitrogens is 3. The normalized spacial score (nSPS) is 18.1. The minimum Gasteiger partial charge on any atom is -0.298 e. The summed E-state index contributed by atoms with van der Waals surface area (Å²) in [4.78, 5) is 12.1. The second kappa shape index (κ2) is 8.05. The van der Waals surface area contributed by atoms with Gasteiger partial charge in [0.25, 0.3) is 0 Å². The van der Waals surface area contributed by atoms with Crippen molar-refractivity contribution in [1.82, 2.24) is 19.4 Å². The maximum atomic E-state index is 5.02. The van der Waals surface area contributed by atoms with E-state index < -0.39 is 0 Å². The third-order valence-electron chi connectivity index (χ3n) is 5.36. The van der Waals surface area contributed by atoms with Gasteiger partial charge in [-0.25, -0.2) is 9.97 Å². The molecule has 1 fully saturated rings. The molecule has 0 amide bonds. The fraction of sp³-hybridized carbons (Fsp3) is 0.391. The van der Waals surface area contributed by atoms with E-state index >= 15 is 0 Å². The van der Waals surface area contributed by atoms with Gasteiger partial charge in [-0.05, 0) is 37.1 Å². The van der Waals surface area contributed by atoms with Crippen LogP contribution in [0.2, 0.25) is 0 Å². The fourth-order valence-electron chi connectivity index (χ4n) is 4.02. The number of nitrogens with zero attached hydrogens (tertiary/aromatic N) is 4. The van der Waals surface area contributed by atoms with Gasteiger partial charge in [0, 0.05) is 43.0 Å². The quantitative estimate of drug-likeness (QED) is 0.657. The fourth-order valence-corrected chi connectivity index (χ4v) is 4.02. The zero-order valence-corrected chi connectivity index (χ0v) is 16.3. The van der Waals surface area contributed by atoms with Crippen LogP contribution in [0.3, 0.4) is 0 Å². The summed E-state index contributed by atoms with van der Waals surface area (Å²) in [6, 6.07) is 17.2. The van der Waals surface area contributed by atoms with Crippen molar-refractivity contribution in [2.45, 2.75) is 45.1 Å². The maximum absolute atomic E-state index is 5.02. The molecule has 1 atom stereocenters. The van der Waals surface area contributed by atoms with Crippen LogP contribution in [0.4, 0.5) is 0 Å². The number of hydrogen-bond donors (Lipinski definition) is 0. The molecule has 140 valence electrons. The highest BCUT2D eigenvalue weighted by atomic mass is 15.1. The summed E-state index contributed by atoms with van der Waals surface area (Å²) in [6.07, 6.45) is 6.32. The third kappa shape index (κ3) is 4.11. The minimum atomic E-state index is 0.376. The summed E-state index contributed by atoms with van der Waals surface area (Å²) >= 11 is 0. The molecule has 4 nitrogen and oxygen atoms in total. The molecule has 1 aliphatic rings. The van der Waals surface area contributed by atoms with Crippen LogP contribution in [0.15, 0.2) is 60.9 Å². The average molecular weight is 361 g/mol. The SMILES string of the molecule is CC(C)c1nccn1-c1cccc([C@@H]2CCCN(Cc3ccccc3)C2)n1. The van der Waals surface area contributed by atoms with Crippen molar-refractivity contribution in [2.24, 2.45) is 0 Å². The molecule has 0 N–H and O–H groups in total. The largest absolute Gasteiger partial charge is 0.298 e. The highest BCUT2D eigenvalue weighted by Gasteiger charge is 2.23. The van der Waals surface area contributed by atoms with Gasteiger partial charge in [-0.1, -0.05) is 50.2 Å². The molecule has 0 unspecified atom stereocenters. The lowest BCUT2D eigenvalue weighted by Crippen LogP contribution is -2.34. The second-order valence-corrected chi connectivity index (χ2v) is 7.79. The Labute approximate surface area is 161 Å². The molecule has 0 aliphatic carbocycles. The molecule has 4 heteroatoms. The average Bonchev–Trinajstić information content (AvgIpc) is 3.19. The highest BCUT2D eigenvalue weighted by molar-refractivity contribution is 5.29. The first-order valence-corrected chi connectivity index (χ1v) is 9.97. The first-order chi connectivity index (χ1) is 13.2. The zero-order valence-electron chi connectivity index (χ0n) is 16.3. The predicted molar refractivity (Wildman–Crippen MR) is 109 cm³/mol. The number of benzene rings is 1. The third-order valence-corrected chi connectivity index (χ3v) is 5.36. The van der Waals surface area contributed by atoms with Gasteiger partial charge in [-0.2, -0.15) is 0 Å². The molecule has 0 spiro atoms. The van der Waals surface area contributed by atoms with Crippen LogP contribution in [-0.4, -0.2) is 32.5 Å². The van der Waals surface area contributed by atoms with Crippen molar-refractivity contribution in [1.29, 1.82) is 0 Å². The highest BCUT2D eigenvalue weighted by Crippen LogP contribution is 2.27. The van der Waals surface area contributed by atoms with Crippen molar-refractivity contribution in [2.75, 3.05) is 13.1 Å². The monoisotopic (exact) mass is 360 g/mol. The summed E-state index contributed by atoms with van der Waals surface area (Å²) < 4.78 is 2.12. The van der Waals surface area contributed by atoms with Crippen molar-refractivity contribution in [3.63, 3.8) is 0 Å². The summed E-state index contributed by atoms with van der Waals surface area (Å²) in [5.41, 5.74) is 2.59. The molecule has 2 aromatic heterocycles. The van der Waals surface area contributed by atoms with E-state index in [1.165, 1.54) is 30.6 Å². The number of pyridine rings is 1. The Morgan fingerprint density at radius 2 is 1.93 bits per heavy atom. The lowest BCUT2D eigenvalue weighted by molar-refractivity contribution is 0.198. The Balaban J connectivity index is 1.52. The lowest BCUT2D eigenvalue weighted by Gasteiger charge is -2.32. The second-order valence-electron chi connectivity index (χ2n) is 7.79. The van der Waals surface area contributed by atoms with Gasteiger partial charge >= 0.3 is 0 Å². The maximum Gasteiger partial charge on any atom is 0.138 e. The molecular formula is C23H28N4. The van der Waals surface area contributed by atoms with Crippen molar-refractivity contribution < 1.29 is 0 Å². The first-order valence-electron chi connectivity index (χ1n) is 9.97. The number of rotatable bonds is 5. The molecule has 27 heavy (non-hydrogen) atoms. The molecule has 3 heterocycles. The van der Waals surface area contributed by atoms with E-state index in [1.54, 1.807) is 0 Å². The number of piperidine rings is 1. The molecule has 0 radical (unpaired) electrons. The standard InChI is InChI=1S/C23H28N4/c1-18(2)23-24-13-15-27(23)22-12-6-11-21(25-22)20-10-7-14-26(17-20)16-19-8-4-3-5-9-19/h3-6,8-9,11-13,15,18,20H,7,10,14,16-17H2,1-2H3/t20-/m1/s1. The molecule has 0 bridgehead atoms. The Morgan fingerprint density at radius 3 is 2.74 bits per heavy atom. The summed E-state index contributed by atoms with van der Waals surface area (Å²) in [7, 11) is 0. The Bertz CT molecular complexity index is 869. The number of hydrogen-bond acceptors (Lipinski definition) is 3. The number of imidazole rings is 1. The summed E-state index contributed by atoms with van der Waals surface area (Å²) in [5.74, 6) is 2.91. The van der Waals surface area contributed by atoms with E-state index in [-0.39, 0.29) is 0 Å². The van der Waals surface area contributed by atoms with Gasteiger partial charge < -0.3 is 0 Å². The molecular weight excluding hydrogens is 332 g/mol.